The summed E-state index contributed by atoms with van der Waals surface area (Å²) in [4.78, 5) is 29.1. The van der Waals surface area contributed by atoms with Crippen molar-refractivity contribution in [2.75, 3.05) is 18.0 Å². The lowest BCUT2D eigenvalue weighted by atomic mass is 10.1. The second kappa shape index (κ2) is 13.2. The Bertz CT molecular complexity index is 1450. The number of hydrogen-bond donors (Lipinski definition) is 1. The first-order valence-corrected chi connectivity index (χ1v) is 15.1. The minimum absolute atomic E-state index is 0.0457. The van der Waals surface area contributed by atoms with Crippen LogP contribution in [0.3, 0.4) is 0 Å². The van der Waals surface area contributed by atoms with Gasteiger partial charge in [0.15, 0.2) is 0 Å². The molecule has 0 aliphatic rings. The van der Waals surface area contributed by atoms with Crippen molar-refractivity contribution in [1.82, 2.24) is 10.2 Å². The number of rotatable bonds is 11. The maximum atomic E-state index is 14.2. The highest BCUT2D eigenvalue weighted by Gasteiger charge is 2.35. The molecule has 3 aromatic rings. The van der Waals surface area contributed by atoms with E-state index in [4.69, 9.17) is 4.74 Å². The Morgan fingerprint density at radius 3 is 2.00 bits per heavy atom. The number of anilines is 1. The number of carbonyl (C=O) groups excluding carboxylic acids is 2. The van der Waals surface area contributed by atoms with Crippen molar-refractivity contribution >= 4 is 27.5 Å². The van der Waals surface area contributed by atoms with Crippen LogP contribution in [-0.2, 0) is 26.2 Å². The summed E-state index contributed by atoms with van der Waals surface area (Å²) in [6.45, 7) is 10.9. The van der Waals surface area contributed by atoms with Gasteiger partial charge in [-0.1, -0.05) is 66.6 Å². The van der Waals surface area contributed by atoms with E-state index in [0.29, 0.717) is 12.2 Å². The van der Waals surface area contributed by atoms with Crippen LogP contribution in [0.25, 0.3) is 0 Å². The van der Waals surface area contributed by atoms with Gasteiger partial charge in [-0.2, -0.15) is 0 Å². The molecular weight excluding hydrogens is 538 g/mol. The average Bonchev–Trinajstić information content (AvgIpc) is 2.91. The molecule has 0 unspecified atom stereocenters. The van der Waals surface area contributed by atoms with Crippen LogP contribution in [0, 0.1) is 13.8 Å². The maximum absolute atomic E-state index is 14.2. The number of benzene rings is 3. The van der Waals surface area contributed by atoms with E-state index in [2.05, 4.69) is 5.32 Å². The minimum atomic E-state index is -4.19. The first-order chi connectivity index (χ1) is 19.3. The summed E-state index contributed by atoms with van der Waals surface area (Å²) in [5.74, 6) is -0.507. The number of aryl methyl sites for hydroxylation is 2. The molecule has 0 aromatic heterocycles. The van der Waals surface area contributed by atoms with E-state index in [1.54, 1.807) is 36.4 Å². The van der Waals surface area contributed by atoms with Gasteiger partial charge in [0.1, 0.15) is 18.3 Å². The summed E-state index contributed by atoms with van der Waals surface area (Å²) in [5, 5.41) is 2.98. The van der Waals surface area contributed by atoms with Gasteiger partial charge in [-0.05, 0) is 70.9 Å². The van der Waals surface area contributed by atoms with Crippen molar-refractivity contribution in [2.45, 2.75) is 71.0 Å². The fourth-order valence-electron chi connectivity index (χ4n) is 4.45. The molecule has 2 amide bonds. The molecule has 0 aliphatic heterocycles. The lowest BCUT2D eigenvalue weighted by molar-refractivity contribution is -0.141. The number of sulfonamides is 1. The van der Waals surface area contributed by atoms with Crippen LogP contribution < -0.4 is 14.4 Å². The smallest absolute Gasteiger partial charge is 0.264 e. The highest BCUT2D eigenvalue weighted by molar-refractivity contribution is 7.92. The van der Waals surface area contributed by atoms with Gasteiger partial charge in [0.25, 0.3) is 10.0 Å². The number of nitrogens with zero attached hydrogens (tertiary/aromatic N) is 2. The van der Waals surface area contributed by atoms with E-state index < -0.39 is 34.1 Å². The van der Waals surface area contributed by atoms with Crippen LogP contribution in [0.2, 0.25) is 0 Å². The van der Waals surface area contributed by atoms with Crippen molar-refractivity contribution < 1.29 is 22.7 Å². The maximum Gasteiger partial charge on any atom is 0.264 e. The zero-order valence-corrected chi connectivity index (χ0v) is 25.8. The Morgan fingerprint density at radius 1 is 0.902 bits per heavy atom. The van der Waals surface area contributed by atoms with Gasteiger partial charge in [0, 0.05) is 12.1 Å². The second-order valence-electron chi connectivity index (χ2n) is 11.2. The standard InChI is InChI=1S/C32H41N3O5S/c1-8-27(31(37)33-32(4,5)6)34(21-25-17-13-23(2)14-18-25)30(36)22-35(28-11-9-10-12-29(28)40-7)41(38,39)26-19-15-24(3)16-20-26/h9-20,27H,8,21-22H2,1-7H3,(H,33,37)/t27-/m1/s1. The quantitative estimate of drug-likeness (QED) is 0.336. The Balaban J connectivity index is 2.10. The van der Waals surface area contributed by atoms with Gasteiger partial charge in [0.2, 0.25) is 11.8 Å². The highest BCUT2D eigenvalue weighted by Crippen LogP contribution is 2.32. The third-order valence-corrected chi connectivity index (χ3v) is 8.37. The average molecular weight is 580 g/mol. The number of methoxy groups -OCH3 is 1. The molecule has 0 bridgehead atoms. The summed E-state index contributed by atoms with van der Waals surface area (Å²) >= 11 is 0. The zero-order valence-electron chi connectivity index (χ0n) is 25.0. The zero-order chi connectivity index (χ0) is 30.4. The van der Waals surface area contributed by atoms with Gasteiger partial charge in [-0.25, -0.2) is 8.42 Å². The van der Waals surface area contributed by atoms with Crippen LogP contribution in [0.15, 0.2) is 77.7 Å². The number of ether oxygens (including phenoxy) is 1. The molecule has 0 heterocycles. The summed E-state index contributed by atoms with van der Waals surface area (Å²) in [6, 6.07) is 20.0. The molecule has 1 atom stereocenters. The van der Waals surface area contributed by atoms with Gasteiger partial charge in [-0.15, -0.1) is 0 Å². The predicted octanol–water partition coefficient (Wildman–Crippen LogP) is 5.23. The fraction of sp³-hybridized carbons (Fsp3) is 0.375. The Hall–Kier alpha value is -3.85. The van der Waals surface area contributed by atoms with Crippen LogP contribution in [-0.4, -0.2) is 50.4 Å². The molecular formula is C32H41N3O5S. The van der Waals surface area contributed by atoms with Gasteiger partial charge in [0.05, 0.1) is 17.7 Å². The number of para-hydroxylation sites is 2. The predicted molar refractivity (Wildman–Crippen MR) is 162 cm³/mol. The summed E-state index contributed by atoms with van der Waals surface area (Å²) in [7, 11) is -2.74. The number of carbonyl (C=O) groups is 2. The normalized spacial score (nSPS) is 12.4. The number of amides is 2. The molecule has 0 fully saturated rings. The van der Waals surface area contributed by atoms with Gasteiger partial charge >= 0.3 is 0 Å². The van der Waals surface area contributed by atoms with E-state index in [9.17, 15) is 18.0 Å². The van der Waals surface area contributed by atoms with Crippen LogP contribution in [0.4, 0.5) is 5.69 Å². The Morgan fingerprint density at radius 2 is 1.46 bits per heavy atom. The molecule has 3 rings (SSSR count). The number of hydrogen-bond acceptors (Lipinski definition) is 5. The SMILES string of the molecule is CC[C@H](C(=O)NC(C)(C)C)N(Cc1ccc(C)cc1)C(=O)CN(c1ccccc1OC)S(=O)(=O)c1ccc(C)cc1. The van der Waals surface area contributed by atoms with Crippen molar-refractivity contribution in [3.05, 3.63) is 89.5 Å². The van der Waals surface area contributed by atoms with Gasteiger partial charge < -0.3 is 15.0 Å². The molecule has 9 heteroatoms. The largest absolute Gasteiger partial charge is 0.495 e. The fourth-order valence-corrected chi connectivity index (χ4v) is 5.87. The van der Waals surface area contributed by atoms with E-state index >= 15 is 0 Å². The minimum Gasteiger partial charge on any atom is -0.495 e. The second-order valence-corrected chi connectivity index (χ2v) is 13.0. The van der Waals surface area contributed by atoms with E-state index in [1.807, 2.05) is 65.8 Å². The molecule has 1 N–H and O–H groups in total. The van der Waals surface area contributed by atoms with Crippen LogP contribution in [0.1, 0.15) is 50.8 Å². The Labute approximate surface area is 244 Å². The van der Waals surface area contributed by atoms with Crippen molar-refractivity contribution in [2.24, 2.45) is 0 Å². The lowest BCUT2D eigenvalue weighted by Crippen LogP contribution is -2.55. The summed E-state index contributed by atoms with van der Waals surface area (Å²) in [5.41, 5.74) is 2.52. The van der Waals surface area contributed by atoms with Gasteiger partial charge in [-0.3, -0.25) is 13.9 Å². The van der Waals surface area contributed by atoms with Crippen molar-refractivity contribution in [3.63, 3.8) is 0 Å². The van der Waals surface area contributed by atoms with E-state index in [0.717, 1.165) is 21.0 Å². The van der Waals surface area contributed by atoms with Crippen LogP contribution >= 0.6 is 0 Å². The monoisotopic (exact) mass is 579 g/mol. The molecule has 8 nitrogen and oxygen atoms in total. The topological polar surface area (TPSA) is 96.0 Å². The van der Waals surface area contributed by atoms with Crippen molar-refractivity contribution in [3.8, 4) is 5.75 Å². The molecule has 0 radical (unpaired) electrons. The first kappa shape index (κ1) is 31.7. The molecule has 0 aliphatic carbocycles. The molecule has 3 aromatic carbocycles. The summed E-state index contributed by atoms with van der Waals surface area (Å²) in [6.07, 6.45) is 0.346. The van der Waals surface area contributed by atoms with Crippen LogP contribution in [0.5, 0.6) is 5.75 Å². The Kier molecular flexibility index (Phi) is 10.2. The summed E-state index contributed by atoms with van der Waals surface area (Å²) < 4.78 is 34.7. The van der Waals surface area contributed by atoms with E-state index in [-0.39, 0.29) is 23.0 Å². The first-order valence-electron chi connectivity index (χ1n) is 13.7. The highest BCUT2D eigenvalue weighted by atomic mass is 32.2. The molecule has 41 heavy (non-hydrogen) atoms. The third-order valence-electron chi connectivity index (χ3n) is 6.60. The molecule has 0 spiro atoms. The lowest BCUT2D eigenvalue weighted by Gasteiger charge is -2.35. The van der Waals surface area contributed by atoms with E-state index in [1.165, 1.54) is 24.1 Å². The van der Waals surface area contributed by atoms with Crippen molar-refractivity contribution in [1.29, 1.82) is 0 Å². The third kappa shape index (κ3) is 8.10. The molecule has 0 saturated heterocycles. The molecule has 0 saturated carbocycles. The molecule has 220 valence electrons. The number of nitrogens with one attached hydrogen (secondary N) is 1.